The highest BCUT2D eigenvalue weighted by atomic mass is 16.2. The first-order chi connectivity index (χ1) is 8.31. The molecule has 2 fully saturated rings. The van der Waals surface area contributed by atoms with E-state index in [1.54, 1.807) is 0 Å². The van der Waals surface area contributed by atoms with Gasteiger partial charge in [0, 0.05) is 18.7 Å². The monoisotopic (exact) mass is 239 g/mol. The van der Waals surface area contributed by atoms with Crippen LogP contribution in [0, 0.1) is 5.92 Å². The van der Waals surface area contributed by atoms with Crippen LogP contribution < -0.4 is 0 Å². The summed E-state index contributed by atoms with van der Waals surface area (Å²) in [6.07, 6.45) is 12.1. The van der Waals surface area contributed by atoms with E-state index in [0.717, 1.165) is 24.4 Å². The molecule has 100 valence electrons. The van der Waals surface area contributed by atoms with Crippen molar-refractivity contribution >= 4 is 0 Å². The van der Waals surface area contributed by atoms with E-state index >= 15 is 0 Å². The van der Waals surface area contributed by atoms with Gasteiger partial charge >= 0.3 is 0 Å². The molecule has 0 heterocycles. The molecule has 0 saturated heterocycles. The van der Waals surface area contributed by atoms with E-state index in [2.05, 4.69) is 11.8 Å². The molecule has 1 N–H and O–H groups in total. The summed E-state index contributed by atoms with van der Waals surface area (Å²) in [5.74, 6) is 0.960. The molecule has 0 amide bonds. The second-order valence-electron chi connectivity index (χ2n) is 6.17. The Balaban J connectivity index is 1.72. The lowest BCUT2D eigenvalue weighted by Gasteiger charge is -2.36. The van der Waals surface area contributed by atoms with Crippen molar-refractivity contribution in [3.63, 3.8) is 0 Å². The number of rotatable bonds is 7. The van der Waals surface area contributed by atoms with Gasteiger partial charge in [-0.3, -0.25) is 4.90 Å². The molecule has 2 nitrogen and oxygen atoms in total. The van der Waals surface area contributed by atoms with Gasteiger partial charge in [0.2, 0.25) is 0 Å². The summed E-state index contributed by atoms with van der Waals surface area (Å²) < 4.78 is 0. The topological polar surface area (TPSA) is 23.5 Å². The molecule has 0 bridgehead atoms. The maximum Gasteiger partial charge on any atom is 0.0431 e. The molecule has 0 radical (unpaired) electrons. The smallest absolute Gasteiger partial charge is 0.0431 e. The molecule has 0 unspecified atom stereocenters. The quantitative estimate of drug-likeness (QED) is 0.690. The molecular formula is C15H29NO. The molecule has 2 heteroatoms. The summed E-state index contributed by atoms with van der Waals surface area (Å²) >= 11 is 0. The van der Waals surface area contributed by atoms with Crippen LogP contribution in [-0.2, 0) is 0 Å². The first-order valence-electron chi connectivity index (χ1n) is 7.68. The number of nitrogens with zero attached hydrogens (tertiary/aromatic N) is 1. The van der Waals surface area contributed by atoms with Gasteiger partial charge in [0.15, 0.2) is 0 Å². The molecule has 0 aromatic heterocycles. The maximum absolute atomic E-state index is 8.82. The number of hydrogen-bond donors (Lipinski definition) is 1. The Labute approximate surface area is 106 Å². The predicted molar refractivity (Wildman–Crippen MR) is 72.1 cm³/mol. The molecule has 0 aliphatic heterocycles. The van der Waals surface area contributed by atoms with Gasteiger partial charge in [0.1, 0.15) is 0 Å². The number of unbranched alkanes of at least 4 members (excludes halogenated alkanes) is 2. The van der Waals surface area contributed by atoms with Crippen LogP contribution >= 0.6 is 0 Å². The normalized spacial score (nSPS) is 29.8. The Hall–Kier alpha value is -0.0800. The SMILES string of the molecule is CC1CCC(N(CCCCCO)C2CC2)CC1. The molecule has 2 rings (SSSR count). The van der Waals surface area contributed by atoms with E-state index in [4.69, 9.17) is 5.11 Å². The average Bonchev–Trinajstić information content (AvgIpc) is 3.15. The Morgan fingerprint density at radius 2 is 1.47 bits per heavy atom. The summed E-state index contributed by atoms with van der Waals surface area (Å²) in [6.45, 7) is 4.05. The standard InChI is InChI=1S/C15H29NO/c1-13-5-7-14(8-6-13)16(15-9-10-15)11-3-2-4-12-17/h13-15,17H,2-12H2,1H3. The van der Waals surface area contributed by atoms with Crippen LogP contribution in [0.3, 0.4) is 0 Å². The molecule has 0 atom stereocenters. The Morgan fingerprint density at radius 1 is 0.882 bits per heavy atom. The number of aliphatic hydroxyl groups excluding tert-OH is 1. The van der Waals surface area contributed by atoms with Crippen molar-refractivity contribution in [2.45, 2.75) is 76.8 Å². The Morgan fingerprint density at radius 3 is 2.00 bits per heavy atom. The van der Waals surface area contributed by atoms with Crippen LogP contribution in [0.4, 0.5) is 0 Å². The van der Waals surface area contributed by atoms with E-state index < -0.39 is 0 Å². The van der Waals surface area contributed by atoms with Crippen LogP contribution in [-0.4, -0.2) is 35.2 Å². The minimum atomic E-state index is 0.365. The lowest BCUT2D eigenvalue weighted by atomic mass is 9.86. The molecule has 2 saturated carbocycles. The van der Waals surface area contributed by atoms with E-state index in [9.17, 15) is 0 Å². The fraction of sp³-hybridized carbons (Fsp3) is 1.00. The third kappa shape index (κ3) is 4.26. The van der Waals surface area contributed by atoms with Crippen molar-refractivity contribution in [1.82, 2.24) is 4.90 Å². The van der Waals surface area contributed by atoms with Crippen LogP contribution in [0.1, 0.15) is 64.7 Å². The second-order valence-corrected chi connectivity index (χ2v) is 6.17. The van der Waals surface area contributed by atoms with Crippen molar-refractivity contribution < 1.29 is 5.11 Å². The van der Waals surface area contributed by atoms with Gasteiger partial charge in [-0.1, -0.05) is 6.92 Å². The van der Waals surface area contributed by atoms with Crippen LogP contribution in [0.25, 0.3) is 0 Å². The molecule has 0 aromatic carbocycles. The summed E-state index contributed by atoms with van der Waals surface area (Å²) in [7, 11) is 0. The zero-order chi connectivity index (χ0) is 12.1. The second kappa shape index (κ2) is 6.75. The highest BCUT2D eigenvalue weighted by molar-refractivity contribution is 4.90. The summed E-state index contributed by atoms with van der Waals surface area (Å²) in [6, 6.07) is 1.80. The van der Waals surface area contributed by atoms with Crippen molar-refractivity contribution in [2.24, 2.45) is 5.92 Å². The zero-order valence-electron chi connectivity index (χ0n) is 11.4. The molecule has 17 heavy (non-hydrogen) atoms. The fourth-order valence-electron chi connectivity index (χ4n) is 3.23. The van der Waals surface area contributed by atoms with E-state index in [0.29, 0.717) is 6.61 Å². The van der Waals surface area contributed by atoms with Crippen molar-refractivity contribution in [1.29, 1.82) is 0 Å². The highest BCUT2D eigenvalue weighted by Gasteiger charge is 2.34. The van der Waals surface area contributed by atoms with Gasteiger partial charge in [-0.25, -0.2) is 0 Å². The lowest BCUT2D eigenvalue weighted by molar-refractivity contribution is 0.128. The summed E-state index contributed by atoms with van der Waals surface area (Å²) in [5.41, 5.74) is 0. The van der Waals surface area contributed by atoms with E-state index in [1.807, 2.05) is 0 Å². The predicted octanol–water partition coefficient (Wildman–Crippen LogP) is 3.19. The third-order valence-corrected chi connectivity index (χ3v) is 4.54. The minimum Gasteiger partial charge on any atom is -0.396 e. The minimum absolute atomic E-state index is 0.365. The Bertz CT molecular complexity index is 207. The maximum atomic E-state index is 8.82. The molecule has 0 aromatic rings. The van der Waals surface area contributed by atoms with Crippen LogP contribution in [0.15, 0.2) is 0 Å². The van der Waals surface area contributed by atoms with Crippen molar-refractivity contribution in [3.05, 3.63) is 0 Å². The van der Waals surface area contributed by atoms with Gasteiger partial charge in [-0.2, -0.15) is 0 Å². The zero-order valence-corrected chi connectivity index (χ0v) is 11.4. The van der Waals surface area contributed by atoms with E-state index in [-0.39, 0.29) is 0 Å². The highest BCUT2D eigenvalue weighted by Crippen LogP contribution is 2.35. The number of aliphatic hydroxyl groups is 1. The third-order valence-electron chi connectivity index (χ3n) is 4.54. The van der Waals surface area contributed by atoms with Gasteiger partial charge < -0.3 is 5.11 Å². The average molecular weight is 239 g/mol. The largest absolute Gasteiger partial charge is 0.396 e. The molecule has 2 aliphatic carbocycles. The molecular weight excluding hydrogens is 210 g/mol. The van der Waals surface area contributed by atoms with Crippen molar-refractivity contribution in [2.75, 3.05) is 13.2 Å². The Kier molecular flexibility index (Phi) is 5.30. The van der Waals surface area contributed by atoms with Gasteiger partial charge in [0.25, 0.3) is 0 Å². The summed E-state index contributed by atoms with van der Waals surface area (Å²) in [5, 5.41) is 8.82. The molecule has 2 aliphatic rings. The van der Waals surface area contributed by atoms with Gasteiger partial charge in [-0.05, 0) is 70.3 Å². The fourth-order valence-corrected chi connectivity index (χ4v) is 3.23. The van der Waals surface area contributed by atoms with Crippen molar-refractivity contribution in [3.8, 4) is 0 Å². The molecule has 0 spiro atoms. The first-order valence-corrected chi connectivity index (χ1v) is 7.68. The van der Waals surface area contributed by atoms with Crippen LogP contribution in [0.2, 0.25) is 0 Å². The van der Waals surface area contributed by atoms with Gasteiger partial charge in [-0.15, -0.1) is 0 Å². The van der Waals surface area contributed by atoms with E-state index in [1.165, 1.54) is 57.9 Å². The number of hydrogen-bond acceptors (Lipinski definition) is 2. The lowest BCUT2D eigenvalue weighted by Crippen LogP contribution is -2.40. The summed E-state index contributed by atoms with van der Waals surface area (Å²) in [4.78, 5) is 2.81. The first kappa shape index (κ1) is 13.4. The van der Waals surface area contributed by atoms with Crippen LogP contribution in [0.5, 0.6) is 0 Å². The van der Waals surface area contributed by atoms with Gasteiger partial charge in [0.05, 0.1) is 0 Å².